The molecule has 0 bridgehead atoms. The van der Waals surface area contributed by atoms with E-state index in [1.807, 2.05) is 0 Å². The van der Waals surface area contributed by atoms with E-state index in [0.717, 1.165) is 31.0 Å². The quantitative estimate of drug-likeness (QED) is 0.689. The van der Waals surface area contributed by atoms with Crippen molar-refractivity contribution in [3.05, 3.63) is 17.7 Å². The van der Waals surface area contributed by atoms with Crippen molar-refractivity contribution in [2.75, 3.05) is 35.6 Å². The van der Waals surface area contributed by atoms with E-state index in [4.69, 9.17) is 0 Å². The van der Waals surface area contributed by atoms with Crippen LogP contribution in [-0.4, -0.2) is 19.6 Å². The first kappa shape index (κ1) is 12.7. The first-order chi connectivity index (χ1) is 7.72. The van der Waals surface area contributed by atoms with Crippen LogP contribution in [0.2, 0.25) is 0 Å². The SMILES string of the molecule is CCNc1[c]c(NCC)c(C)c(NCC)c1. The first-order valence-electron chi connectivity index (χ1n) is 6.01. The van der Waals surface area contributed by atoms with Gasteiger partial charge in [-0.3, -0.25) is 0 Å². The molecular formula is C13H22N3. The van der Waals surface area contributed by atoms with E-state index < -0.39 is 0 Å². The predicted molar refractivity (Wildman–Crippen MR) is 72.5 cm³/mol. The van der Waals surface area contributed by atoms with E-state index in [1.54, 1.807) is 0 Å². The van der Waals surface area contributed by atoms with E-state index in [2.05, 4.69) is 55.8 Å². The maximum Gasteiger partial charge on any atom is 0.0492 e. The molecular weight excluding hydrogens is 198 g/mol. The maximum absolute atomic E-state index is 3.37. The van der Waals surface area contributed by atoms with Crippen LogP contribution in [0.15, 0.2) is 6.07 Å². The van der Waals surface area contributed by atoms with Crippen molar-refractivity contribution in [3.63, 3.8) is 0 Å². The summed E-state index contributed by atoms with van der Waals surface area (Å²) in [6.45, 7) is 11.2. The zero-order valence-electron chi connectivity index (χ0n) is 10.7. The van der Waals surface area contributed by atoms with Gasteiger partial charge in [-0.1, -0.05) is 0 Å². The largest absolute Gasteiger partial charge is 0.385 e. The Bertz CT molecular complexity index is 307. The molecule has 0 saturated carbocycles. The summed E-state index contributed by atoms with van der Waals surface area (Å²) < 4.78 is 0. The summed E-state index contributed by atoms with van der Waals surface area (Å²) in [6.07, 6.45) is 0. The second kappa shape index (κ2) is 6.26. The zero-order chi connectivity index (χ0) is 12.0. The lowest BCUT2D eigenvalue weighted by atomic mass is 10.1. The van der Waals surface area contributed by atoms with Gasteiger partial charge in [0.15, 0.2) is 0 Å². The minimum atomic E-state index is 0.913. The van der Waals surface area contributed by atoms with Crippen LogP contribution in [0.1, 0.15) is 26.3 Å². The van der Waals surface area contributed by atoms with Crippen LogP contribution in [0.3, 0.4) is 0 Å². The molecule has 16 heavy (non-hydrogen) atoms. The maximum atomic E-state index is 3.37. The van der Waals surface area contributed by atoms with Gasteiger partial charge in [0.2, 0.25) is 0 Å². The fraction of sp³-hybridized carbons (Fsp3) is 0.538. The van der Waals surface area contributed by atoms with Gasteiger partial charge in [0.25, 0.3) is 0 Å². The second-order valence-electron chi connectivity index (χ2n) is 3.69. The Morgan fingerprint density at radius 3 is 2.19 bits per heavy atom. The number of benzene rings is 1. The van der Waals surface area contributed by atoms with E-state index in [-0.39, 0.29) is 0 Å². The van der Waals surface area contributed by atoms with Gasteiger partial charge in [-0.15, -0.1) is 0 Å². The predicted octanol–water partition coefficient (Wildman–Crippen LogP) is 3.09. The Hall–Kier alpha value is -1.38. The average Bonchev–Trinajstić information content (AvgIpc) is 2.26. The standard InChI is InChI=1S/C13H22N3/c1-5-14-11-8-12(15-6-2)10(4)13(9-11)16-7-3/h8,14-16H,5-7H2,1-4H3. The van der Waals surface area contributed by atoms with E-state index in [1.165, 1.54) is 11.3 Å². The topological polar surface area (TPSA) is 36.1 Å². The summed E-state index contributed by atoms with van der Waals surface area (Å²) in [5.41, 5.74) is 4.52. The molecule has 0 aromatic heterocycles. The number of hydrogen-bond acceptors (Lipinski definition) is 3. The minimum Gasteiger partial charge on any atom is -0.385 e. The van der Waals surface area contributed by atoms with Gasteiger partial charge in [-0.05, 0) is 39.3 Å². The lowest BCUT2D eigenvalue weighted by Crippen LogP contribution is -2.06. The van der Waals surface area contributed by atoms with Crippen LogP contribution < -0.4 is 16.0 Å². The van der Waals surface area contributed by atoms with Crippen molar-refractivity contribution in [3.8, 4) is 0 Å². The Labute approximate surface area is 98.6 Å². The number of hydrogen-bond donors (Lipinski definition) is 3. The molecule has 0 aliphatic rings. The second-order valence-corrected chi connectivity index (χ2v) is 3.69. The smallest absolute Gasteiger partial charge is 0.0492 e. The summed E-state index contributed by atoms with van der Waals surface area (Å²) in [5, 5.41) is 10.0. The van der Waals surface area contributed by atoms with Crippen molar-refractivity contribution in [2.24, 2.45) is 0 Å². The van der Waals surface area contributed by atoms with Crippen LogP contribution in [0.5, 0.6) is 0 Å². The summed E-state index contributed by atoms with van der Waals surface area (Å²) in [6, 6.07) is 5.47. The number of nitrogens with one attached hydrogen (secondary N) is 3. The molecule has 1 radical (unpaired) electrons. The average molecular weight is 220 g/mol. The number of anilines is 3. The van der Waals surface area contributed by atoms with E-state index in [9.17, 15) is 0 Å². The van der Waals surface area contributed by atoms with Gasteiger partial charge >= 0.3 is 0 Å². The van der Waals surface area contributed by atoms with Crippen LogP contribution in [0, 0.1) is 13.0 Å². The lowest BCUT2D eigenvalue weighted by molar-refractivity contribution is 1.16. The normalized spacial score (nSPS) is 10.0. The zero-order valence-corrected chi connectivity index (χ0v) is 10.7. The number of rotatable bonds is 6. The van der Waals surface area contributed by atoms with Crippen molar-refractivity contribution in [2.45, 2.75) is 27.7 Å². The molecule has 0 saturated heterocycles. The van der Waals surface area contributed by atoms with Crippen molar-refractivity contribution in [1.29, 1.82) is 0 Å². The Kier molecular flexibility index (Phi) is 4.96. The molecule has 3 nitrogen and oxygen atoms in total. The van der Waals surface area contributed by atoms with Gasteiger partial charge in [0.1, 0.15) is 0 Å². The van der Waals surface area contributed by atoms with Gasteiger partial charge in [-0.2, -0.15) is 0 Å². The third-order valence-electron chi connectivity index (χ3n) is 2.42. The molecule has 89 valence electrons. The molecule has 3 N–H and O–H groups in total. The highest BCUT2D eigenvalue weighted by molar-refractivity contribution is 5.72. The summed E-state index contributed by atoms with van der Waals surface area (Å²) in [4.78, 5) is 0. The molecule has 1 aromatic carbocycles. The van der Waals surface area contributed by atoms with E-state index in [0.29, 0.717) is 0 Å². The van der Waals surface area contributed by atoms with Crippen LogP contribution in [-0.2, 0) is 0 Å². The molecule has 0 aliphatic carbocycles. The fourth-order valence-corrected chi connectivity index (χ4v) is 1.67. The highest BCUT2D eigenvalue weighted by atomic mass is 14.9. The van der Waals surface area contributed by atoms with Crippen LogP contribution in [0.4, 0.5) is 17.1 Å². The van der Waals surface area contributed by atoms with Crippen LogP contribution >= 0.6 is 0 Å². The van der Waals surface area contributed by atoms with Gasteiger partial charge < -0.3 is 16.0 Å². The van der Waals surface area contributed by atoms with Crippen molar-refractivity contribution < 1.29 is 0 Å². The van der Waals surface area contributed by atoms with Gasteiger partial charge in [0, 0.05) is 42.8 Å². The molecule has 1 aromatic rings. The molecule has 0 atom stereocenters. The fourth-order valence-electron chi connectivity index (χ4n) is 1.67. The Morgan fingerprint density at radius 2 is 1.62 bits per heavy atom. The Balaban J connectivity index is 3.05. The van der Waals surface area contributed by atoms with Crippen molar-refractivity contribution in [1.82, 2.24) is 0 Å². The van der Waals surface area contributed by atoms with E-state index >= 15 is 0 Å². The molecule has 0 unspecified atom stereocenters. The third-order valence-corrected chi connectivity index (χ3v) is 2.42. The van der Waals surface area contributed by atoms with Crippen molar-refractivity contribution >= 4 is 17.1 Å². The molecule has 0 spiro atoms. The molecule has 0 fully saturated rings. The lowest BCUT2D eigenvalue weighted by Gasteiger charge is -2.16. The molecule has 0 aliphatic heterocycles. The highest BCUT2D eigenvalue weighted by Crippen LogP contribution is 2.27. The summed E-state index contributed by atoms with van der Waals surface area (Å²) >= 11 is 0. The first-order valence-corrected chi connectivity index (χ1v) is 6.01. The molecule has 0 amide bonds. The van der Waals surface area contributed by atoms with Gasteiger partial charge in [0.05, 0.1) is 0 Å². The third kappa shape index (κ3) is 3.05. The van der Waals surface area contributed by atoms with Gasteiger partial charge in [-0.25, -0.2) is 0 Å². The highest BCUT2D eigenvalue weighted by Gasteiger charge is 2.06. The summed E-state index contributed by atoms with van der Waals surface area (Å²) in [7, 11) is 0. The Morgan fingerprint density at radius 1 is 1.00 bits per heavy atom. The van der Waals surface area contributed by atoms with Crippen LogP contribution in [0.25, 0.3) is 0 Å². The minimum absolute atomic E-state index is 0.913. The summed E-state index contributed by atoms with van der Waals surface area (Å²) in [5.74, 6) is 0. The monoisotopic (exact) mass is 220 g/mol. The molecule has 0 heterocycles. The molecule has 1 rings (SSSR count). The molecule has 3 heteroatoms.